The lowest BCUT2D eigenvalue weighted by molar-refractivity contribution is -0.609. The van der Waals surface area contributed by atoms with Crippen LogP contribution in [0.1, 0.15) is 17.4 Å². The fourth-order valence-electron chi connectivity index (χ4n) is 0.820. The molecule has 0 aromatic carbocycles. The van der Waals surface area contributed by atoms with Crippen LogP contribution in [0.5, 0.6) is 0 Å². The highest BCUT2D eigenvalue weighted by atomic mass is 79.9. The molecule has 0 fully saturated rings. The largest absolute Gasteiger partial charge is 0.618 e. The number of halogens is 1. The second kappa shape index (κ2) is 4.23. The number of aromatic nitrogens is 1. The van der Waals surface area contributed by atoms with E-state index in [1.165, 1.54) is 12.3 Å². The van der Waals surface area contributed by atoms with Crippen molar-refractivity contribution in [3.05, 3.63) is 33.7 Å². The Bertz CT molecular complexity index is 327. The number of rotatable bonds is 2. The quantitative estimate of drug-likeness (QED) is 0.448. The van der Waals surface area contributed by atoms with Gasteiger partial charge in [-0.05, 0) is 28.9 Å². The summed E-state index contributed by atoms with van der Waals surface area (Å²) in [7, 11) is 0. The number of pyridine rings is 1. The third-order valence-corrected chi connectivity index (χ3v) is 1.83. The van der Waals surface area contributed by atoms with E-state index in [4.69, 9.17) is 0 Å². The van der Waals surface area contributed by atoms with Crippen LogP contribution in [0.3, 0.4) is 0 Å². The van der Waals surface area contributed by atoms with Gasteiger partial charge in [0.1, 0.15) is 0 Å². The molecule has 13 heavy (non-hydrogen) atoms. The molecule has 0 spiro atoms. The highest BCUT2D eigenvalue weighted by Crippen LogP contribution is 2.06. The molecule has 5 heteroatoms. The molecule has 0 aliphatic heterocycles. The summed E-state index contributed by atoms with van der Waals surface area (Å²) in [4.78, 5) is 11.1. The normalized spacial score (nSPS) is 9.69. The van der Waals surface area contributed by atoms with Crippen LogP contribution in [0, 0.1) is 5.21 Å². The van der Waals surface area contributed by atoms with E-state index in [1.54, 1.807) is 13.0 Å². The number of hydrogen-bond donors (Lipinski definition) is 0. The van der Waals surface area contributed by atoms with Gasteiger partial charge in [0.25, 0.3) is 0 Å². The summed E-state index contributed by atoms with van der Waals surface area (Å²) in [5.74, 6) is -0.606. The SMILES string of the molecule is CCOC(=O)c1ccc(Br)c[n+]1[O-]. The standard InChI is InChI=1S/C8H8BrNO3/c1-2-13-8(11)7-4-3-6(9)5-10(7)12/h3-5H,2H2,1H3. The van der Waals surface area contributed by atoms with Gasteiger partial charge in [0.15, 0.2) is 6.20 Å². The molecule has 4 nitrogen and oxygen atoms in total. The summed E-state index contributed by atoms with van der Waals surface area (Å²) in [5, 5.41) is 11.1. The molecule has 0 saturated carbocycles. The highest BCUT2D eigenvalue weighted by Gasteiger charge is 2.16. The molecule has 0 radical (unpaired) electrons. The third kappa shape index (κ3) is 2.42. The Hall–Kier alpha value is -1.10. The number of hydrogen-bond acceptors (Lipinski definition) is 3. The first kappa shape index (κ1) is 9.98. The van der Waals surface area contributed by atoms with Gasteiger partial charge in [0.2, 0.25) is 0 Å². The van der Waals surface area contributed by atoms with Crippen molar-refractivity contribution in [1.29, 1.82) is 0 Å². The molecule has 0 saturated heterocycles. The number of ether oxygens (including phenoxy) is 1. The predicted octanol–water partition coefficient (Wildman–Crippen LogP) is 1.26. The fraction of sp³-hybridized carbons (Fsp3) is 0.250. The summed E-state index contributed by atoms with van der Waals surface area (Å²) in [5.41, 5.74) is -0.00921. The van der Waals surface area contributed by atoms with Crippen LogP contribution in [-0.4, -0.2) is 12.6 Å². The van der Waals surface area contributed by atoms with Crippen LogP contribution in [-0.2, 0) is 4.74 Å². The molecule has 0 aliphatic carbocycles. The van der Waals surface area contributed by atoms with E-state index in [0.29, 0.717) is 9.20 Å². The predicted molar refractivity (Wildman–Crippen MR) is 49.1 cm³/mol. The Balaban J connectivity index is 2.95. The lowest BCUT2D eigenvalue weighted by atomic mass is 10.3. The molecule has 1 heterocycles. The second-order valence-electron chi connectivity index (χ2n) is 2.28. The molecule has 0 bridgehead atoms. The molecule has 0 unspecified atom stereocenters. The van der Waals surface area contributed by atoms with Gasteiger partial charge >= 0.3 is 11.7 Å². The lowest BCUT2D eigenvalue weighted by Gasteiger charge is -2.03. The first-order valence-electron chi connectivity index (χ1n) is 3.71. The third-order valence-electron chi connectivity index (χ3n) is 1.36. The minimum atomic E-state index is -0.606. The van der Waals surface area contributed by atoms with Crippen LogP contribution in [0.2, 0.25) is 0 Å². The smallest absolute Gasteiger partial charge is 0.404 e. The maximum atomic E-state index is 11.1. The van der Waals surface area contributed by atoms with Crippen LogP contribution < -0.4 is 4.73 Å². The van der Waals surface area contributed by atoms with Crippen molar-refractivity contribution in [3.63, 3.8) is 0 Å². The number of carbonyl (C=O) groups excluding carboxylic acids is 1. The van der Waals surface area contributed by atoms with E-state index < -0.39 is 5.97 Å². The summed E-state index contributed by atoms with van der Waals surface area (Å²) >= 11 is 3.11. The van der Waals surface area contributed by atoms with Gasteiger partial charge in [0, 0.05) is 6.07 Å². The molecule has 1 rings (SSSR count). The Morgan fingerprint density at radius 1 is 1.69 bits per heavy atom. The molecule has 0 atom stereocenters. The second-order valence-corrected chi connectivity index (χ2v) is 3.19. The van der Waals surface area contributed by atoms with Crippen molar-refractivity contribution < 1.29 is 14.3 Å². The van der Waals surface area contributed by atoms with Crippen LogP contribution in [0.25, 0.3) is 0 Å². The average Bonchev–Trinajstić information content (AvgIpc) is 2.04. The molecule has 1 aromatic heterocycles. The van der Waals surface area contributed by atoms with Gasteiger partial charge in [0.05, 0.1) is 11.1 Å². The molecular weight excluding hydrogens is 238 g/mol. The summed E-state index contributed by atoms with van der Waals surface area (Å²) in [6, 6.07) is 3.02. The van der Waals surface area contributed by atoms with E-state index in [1.807, 2.05) is 0 Å². The Kier molecular flexibility index (Phi) is 3.25. The van der Waals surface area contributed by atoms with Crippen molar-refractivity contribution in [1.82, 2.24) is 0 Å². The first-order chi connectivity index (χ1) is 6.15. The zero-order chi connectivity index (χ0) is 9.84. The van der Waals surface area contributed by atoms with Crippen molar-refractivity contribution in [3.8, 4) is 0 Å². The van der Waals surface area contributed by atoms with Crippen molar-refractivity contribution in [2.24, 2.45) is 0 Å². The Labute approximate surface area is 83.8 Å². The summed E-state index contributed by atoms with van der Waals surface area (Å²) < 4.78 is 5.77. The van der Waals surface area contributed by atoms with E-state index in [0.717, 1.165) is 0 Å². The van der Waals surface area contributed by atoms with Crippen LogP contribution in [0.15, 0.2) is 22.8 Å². The van der Waals surface area contributed by atoms with E-state index in [-0.39, 0.29) is 12.3 Å². The Morgan fingerprint density at radius 2 is 2.38 bits per heavy atom. The lowest BCUT2D eigenvalue weighted by Crippen LogP contribution is -2.34. The zero-order valence-electron chi connectivity index (χ0n) is 6.99. The highest BCUT2D eigenvalue weighted by molar-refractivity contribution is 9.10. The molecule has 1 aromatic rings. The zero-order valence-corrected chi connectivity index (χ0v) is 8.58. The Morgan fingerprint density at radius 3 is 2.92 bits per heavy atom. The van der Waals surface area contributed by atoms with E-state index in [9.17, 15) is 10.0 Å². The molecule has 70 valence electrons. The maximum absolute atomic E-state index is 11.1. The summed E-state index contributed by atoms with van der Waals surface area (Å²) in [6.45, 7) is 1.95. The van der Waals surface area contributed by atoms with Gasteiger partial charge in [-0.2, -0.15) is 4.73 Å². The topological polar surface area (TPSA) is 53.2 Å². The van der Waals surface area contributed by atoms with Gasteiger partial charge in [-0.3, -0.25) is 0 Å². The number of nitrogens with zero attached hydrogens (tertiary/aromatic N) is 1. The molecule has 0 aliphatic rings. The van der Waals surface area contributed by atoms with Crippen LogP contribution >= 0.6 is 15.9 Å². The van der Waals surface area contributed by atoms with E-state index >= 15 is 0 Å². The minimum absolute atomic E-state index is 0.00921. The molecular formula is C8H8BrNO3. The van der Waals surface area contributed by atoms with Crippen molar-refractivity contribution >= 4 is 21.9 Å². The maximum Gasteiger partial charge on any atom is 0.404 e. The first-order valence-corrected chi connectivity index (χ1v) is 4.50. The average molecular weight is 246 g/mol. The van der Waals surface area contributed by atoms with Crippen molar-refractivity contribution in [2.45, 2.75) is 6.92 Å². The van der Waals surface area contributed by atoms with E-state index in [2.05, 4.69) is 20.7 Å². The van der Waals surface area contributed by atoms with Crippen LogP contribution in [0.4, 0.5) is 0 Å². The number of carbonyl (C=O) groups is 1. The van der Waals surface area contributed by atoms with Crippen molar-refractivity contribution in [2.75, 3.05) is 6.61 Å². The fourth-order valence-corrected chi connectivity index (χ4v) is 1.14. The van der Waals surface area contributed by atoms with Gasteiger partial charge in [-0.1, -0.05) is 0 Å². The molecule has 0 N–H and O–H groups in total. The summed E-state index contributed by atoms with van der Waals surface area (Å²) in [6.07, 6.45) is 1.26. The number of esters is 1. The van der Waals surface area contributed by atoms with Gasteiger partial charge in [-0.15, -0.1) is 0 Å². The molecule has 0 amide bonds. The van der Waals surface area contributed by atoms with Gasteiger partial charge in [-0.25, -0.2) is 4.79 Å². The minimum Gasteiger partial charge on any atom is -0.618 e. The monoisotopic (exact) mass is 245 g/mol. The van der Waals surface area contributed by atoms with Gasteiger partial charge < -0.3 is 9.94 Å².